The predicted octanol–water partition coefficient (Wildman–Crippen LogP) is 4.70. The highest BCUT2D eigenvalue weighted by atomic mass is 35.5. The van der Waals surface area contributed by atoms with Crippen LogP contribution in [0.4, 0.5) is 0 Å². The molecule has 1 aliphatic heterocycles. The van der Waals surface area contributed by atoms with Crippen LogP contribution in [0, 0.1) is 0 Å². The molecule has 0 saturated carbocycles. The first kappa shape index (κ1) is 15.4. The Balaban J connectivity index is 1.95. The second-order valence-corrected chi connectivity index (χ2v) is 6.87. The van der Waals surface area contributed by atoms with Crippen molar-refractivity contribution in [2.45, 2.75) is 19.9 Å². The van der Waals surface area contributed by atoms with Crippen LogP contribution in [0.25, 0.3) is 22.7 Å². The van der Waals surface area contributed by atoms with Gasteiger partial charge in [-0.3, -0.25) is 4.98 Å². The molecule has 0 saturated heterocycles. The molecule has 3 aromatic rings. The zero-order valence-electron chi connectivity index (χ0n) is 14.0. The highest BCUT2D eigenvalue weighted by Crippen LogP contribution is 2.35. The first-order chi connectivity index (χ1) is 11.6. The van der Waals surface area contributed by atoms with Gasteiger partial charge in [0.15, 0.2) is 0 Å². The van der Waals surface area contributed by atoms with E-state index in [1.165, 1.54) is 27.8 Å². The summed E-state index contributed by atoms with van der Waals surface area (Å²) >= 11 is 6.57. The molecule has 0 radical (unpaired) electrons. The number of benzene rings is 1. The highest BCUT2D eigenvalue weighted by molar-refractivity contribution is 6.35. The third-order valence-corrected chi connectivity index (χ3v) is 5.11. The lowest BCUT2D eigenvalue weighted by Gasteiger charge is -2.23. The standard InChI is InChI=1S/C20H20ClN3/c1-14(15-6-9-22-10-7-15)12-24-19-8-11-23(2)13-17(19)16-4-3-5-18(21)20(16)24/h3-7,9-10,12H,8,11,13H2,1-2H3/b14-12+. The number of hydrogen-bond donors (Lipinski definition) is 0. The van der Waals surface area contributed by atoms with Gasteiger partial charge in [0.05, 0.1) is 10.5 Å². The fraction of sp³-hybridized carbons (Fsp3) is 0.250. The van der Waals surface area contributed by atoms with Crippen molar-refractivity contribution in [2.24, 2.45) is 0 Å². The van der Waals surface area contributed by atoms with Crippen molar-refractivity contribution in [3.63, 3.8) is 0 Å². The minimum atomic E-state index is 0.809. The number of fused-ring (bicyclic) bond motifs is 3. The summed E-state index contributed by atoms with van der Waals surface area (Å²) in [5.74, 6) is 0. The lowest BCUT2D eigenvalue weighted by atomic mass is 10.1. The molecule has 0 spiro atoms. The Morgan fingerprint density at radius 2 is 2.00 bits per heavy atom. The van der Waals surface area contributed by atoms with Gasteiger partial charge >= 0.3 is 0 Å². The Kier molecular flexibility index (Phi) is 3.91. The zero-order chi connectivity index (χ0) is 16.7. The third-order valence-electron chi connectivity index (χ3n) is 4.81. The van der Waals surface area contributed by atoms with Crippen molar-refractivity contribution >= 4 is 34.3 Å². The monoisotopic (exact) mass is 337 g/mol. The summed E-state index contributed by atoms with van der Waals surface area (Å²) in [7, 11) is 2.18. The number of para-hydroxylation sites is 1. The Hall–Kier alpha value is -2.10. The molecular weight excluding hydrogens is 318 g/mol. The van der Waals surface area contributed by atoms with E-state index in [2.05, 4.69) is 40.7 Å². The van der Waals surface area contributed by atoms with Crippen LogP contribution in [0.2, 0.25) is 5.02 Å². The van der Waals surface area contributed by atoms with Crippen LogP contribution in [-0.4, -0.2) is 28.0 Å². The number of aromatic nitrogens is 2. The molecule has 122 valence electrons. The molecule has 4 heteroatoms. The topological polar surface area (TPSA) is 21.1 Å². The van der Waals surface area contributed by atoms with Gasteiger partial charge < -0.3 is 9.47 Å². The van der Waals surface area contributed by atoms with E-state index in [1.807, 2.05) is 36.7 Å². The maximum Gasteiger partial charge on any atom is 0.0716 e. The van der Waals surface area contributed by atoms with Crippen molar-refractivity contribution in [1.82, 2.24) is 14.5 Å². The van der Waals surface area contributed by atoms with Gasteiger partial charge in [0.1, 0.15) is 0 Å². The Labute approximate surface area is 147 Å². The van der Waals surface area contributed by atoms with Crippen molar-refractivity contribution in [2.75, 3.05) is 13.6 Å². The van der Waals surface area contributed by atoms with Crippen LogP contribution in [0.15, 0.2) is 42.7 Å². The number of hydrogen-bond acceptors (Lipinski definition) is 2. The average molecular weight is 338 g/mol. The van der Waals surface area contributed by atoms with Gasteiger partial charge in [0, 0.05) is 49.2 Å². The first-order valence-corrected chi connectivity index (χ1v) is 8.60. The molecule has 0 unspecified atom stereocenters. The summed E-state index contributed by atoms with van der Waals surface area (Å²) in [6.07, 6.45) is 6.92. The van der Waals surface area contributed by atoms with E-state index in [-0.39, 0.29) is 0 Å². The number of allylic oxidation sites excluding steroid dienone is 1. The Bertz CT molecular complexity index is 925. The summed E-state index contributed by atoms with van der Waals surface area (Å²) in [4.78, 5) is 6.47. The summed E-state index contributed by atoms with van der Waals surface area (Å²) < 4.78 is 2.30. The molecule has 0 N–H and O–H groups in total. The molecule has 0 fully saturated rings. The third kappa shape index (κ3) is 2.54. The van der Waals surface area contributed by atoms with Crippen LogP contribution in [0.3, 0.4) is 0 Å². The van der Waals surface area contributed by atoms with Gasteiger partial charge in [-0.05, 0) is 48.9 Å². The molecule has 1 aliphatic rings. The molecule has 0 aliphatic carbocycles. The Morgan fingerprint density at radius 3 is 2.79 bits per heavy atom. The molecule has 3 heterocycles. The lowest BCUT2D eigenvalue weighted by molar-refractivity contribution is 0.312. The Morgan fingerprint density at radius 1 is 1.21 bits per heavy atom. The van der Waals surface area contributed by atoms with Crippen molar-refractivity contribution in [3.05, 3.63) is 64.6 Å². The van der Waals surface area contributed by atoms with Gasteiger partial charge in [-0.2, -0.15) is 0 Å². The number of halogens is 1. The molecule has 2 aromatic heterocycles. The largest absolute Gasteiger partial charge is 0.318 e. The average Bonchev–Trinajstić information content (AvgIpc) is 2.90. The van der Waals surface area contributed by atoms with Crippen LogP contribution in [0.5, 0.6) is 0 Å². The van der Waals surface area contributed by atoms with Crippen LogP contribution in [-0.2, 0) is 13.0 Å². The first-order valence-electron chi connectivity index (χ1n) is 8.22. The van der Waals surface area contributed by atoms with E-state index >= 15 is 0 Å². The van der Waals surface area contributed by atoms with E-state index in [4.69, 9.17) is 11.6 Å². The molecule has 1 aromatic carbocycles. The van der Waals surface area contributed by atoms with Crippen molar-refractivity contribution < 1.29 is 0 Å². The maximum atomic E-state index is 6.57. The molecular formula is C20H20ClN3. The van der Waals surface area contributed by atoms with Gasteiger partial charge in [-0.15, -0.1) is 0 Å². The van der Waals surface area contributed by atoms with Gasteiger partial charge in [-0.1, -0.05) is 23.7 Å². The molecule has 0 atom stereocenters. The molecule has 4 rings (SSSR count). The zero-order valence-corrected chi connectivity index (χ0v) is 14.7. The lowest BCUT2D eigenvalue weighted by Crippen LogP contribution is -2.26. The molecule has 0 bridgehead atoms. The molecule has 24 heavy (non-hydrogen) atoms. The molecule has 3 nitrogen and oxygen atoms in total. The fourth-order valence-corrected chi connectivity index (χ4v) is 3.82. The van der Waals surface area contributed by atoms with Crippen molar-refractivity contribution in [3.8, 4) is 0 Å². The van der Waals surface area contributed by atoms with E-state index < -0.39 is 0 Å². The number of pyridine rings is 1. The van der Waals surface area contributed by atoms with Crippen LogP contribution in [0.1, 0.15) is 23.7 Å². The summed E-state index contributed by atoms with van der Waals surface area (Å²) in [6, 6.07) is 10.3. The SMILES string of the molecule is C/C(=C\n1c2c(c3cccc(Cl)c31)CN(C)CC2)c1ccncc1. The second-order valence-electron chi connectivity index (χ2n) is 6.47. The van der Waals surface area contributed by atoms with E-state index in [1.54, 1.807) is 0 Å². The second kappa shape index (κ2) is 6.08. The maximum absolute atomic E-state index is 6.57. The summed E-state index contributed by atoms with van der Waals surface area (Å²) in [6.45, 7) is 4.18. The van der Waals surface area contributed by atoms with Crippen molar-refractivity contribution in [1.29, 1.82) is 0 Å². The van der Waals surface area contributed by atoms with Crippen LogP contribution >= 0.6 is 11.6 Å². The minimum absolute atomic E-state index is 0.809. The predicted molar refractivity (Wildman–Crippen MR) is 101 cm³/mol. The highest BCUT2D eigenvalue weighted by Gasteiger charge is 2.22. The van der Waals surface area contributed by atoms with Gasteiger partial charge in [-0.25, -0.2) is 0 Å². The quantitative estimate of drug-likeness (QED) is 0.676. The number of rotatable bonds is 2. The fourth-order valence-electron chi connectivity index (χ4n) is 3.56. The normalized spacial score (nSPS) is 15.7. The summed E-state index contributed by atoms with van der Waals surface area (Å²) in [5.41, 5.74) is 6.29. The van der Waals surface area contributed by atoms with E-state index in [0.29, 0.717) is 0 Å². The smallest absolute Gasteiger partial charge is 0.0716 e. The van der Waals surface area contributed by atoms with E-state index in [0.717, 1.165) is 30.0 Å². The molecule has 0 amide bonds. The minimum Gasteiger partial charge on any atom is -0.318 e. The number of likely N-dealkylation sites (N-methyl/N-ethyl adjacent to an activating group) is 1. The number of nitrogens with zero attached hydrogens (tertiary/aromatic N) is 3. The van der Waals surface area contributed by atoms with Gasteiger partial charge in [0.2, 0.25) is 0 Å². The summed E-state index contributed by atoms with van der Waals surface area (Å²) in [5, 5.41) is 2.08. The van der Waals surface area contributed by atoms with Crippen LogP contribution < -0.4 is 0 Å². The van der Waals surface area contributed by atoms with E-state index in [9.17, 15) is 0 Å². The van der Waals surface area contributed by atoms with Gasteiger partial charge in [0.25, 0.3) is 0 Å².